The van der Waals surface area contributed by atoms with E-state index in [1.54, 1.807) is 36.8 Å². The number of nitrogens with two attached hydrogens (primary N) is 1. The number of pyridine rings is 1. The molecule has 3 heterocycles. The van der Waals surface area contributed by atoms with Crippen LogP contribution in [0.2, 0.25) is 0 Å². The predicted octanol–water partition coefficient (Wildman–Crippen LogP) is 4.30. The average Bonchev–Trinajstić information content (AvgIpc) is 3.23. The maximum atomic E-state index is 13.7. The number of aromatic nitrogens is 4. The SMILES string of the molecule is Cc1c(C(C)C(C)C(=O)C(C)(C)CO)nc2c(-c3cnc4ccc(F)cc4c3)cnn2c1N. The number of halogens is 1. The molecule has 0 radical (unpaired) electrons. The third-order valence-corrected chi connectivity index (χ3v) is 6.58. The van der Waals surface area contributed by atoms with Gasteiger partial charge in [-0.3, -0.25) is 9.78 Å². The van der Waals surface area contributed by atoms with Crippen LogP contribution in [0.3, 0.4) is 0 Å². The number of fused-ring (bicyclic) bond motifs is 2. The summed E-state index contributed by atoms with van der Waals surface area (Å²) in [4.78, 5) is 22.3. The summed E-state index contributed by atoms with van der Waals surface area (Å²) in [6, 6.07) is 6.30. The summed E-state index contributed by atoms with van der Waals surface area (Å²) in [6.07, 6.45) is 3.37. The molecule has 172 valence electrons. The summed E-state index contributed by atoms with van der Waals surface area (Å²) in [5.41, 5.74) is 9.71. The van der Waals surface area contributed by atoms with Crippen LogP contribution in [0.1, 0.15) is 44.9 Å². The first-order chi connectivity index (χ1) is 15.5. The molecule has 0 aliphatic rings. The lowest BCUT2D eigenvalue weighted by molar-refractivity contribution is -0.133. The lowest BCUT2D eigenvalue weighted by atomic mass is 9.76. The van der Waals surface area contributed by atoms with E-state index in [1.165, 1.54) is 12.1 Å². The molecule has 3 aromatic heterocycles. The van der Waals surface area contributed by atoms with Crippen LogP contribution in [-0.2, 0) is 4.79 Å². The van der Waals surface area contributed by atoms with Crippen molar-refractivity contribution in [2.45, 2.75) is 40.5 Å². The first-order valence-corrected chi connectivity index (χ1v) is 10.9. The van der Waals surface area contributed by atoms with Gasteiger partial charge in [0, 0.05) is 45.5 Å². The van der Waals surface area contributed by atoms with Gasteiger partial charge in [-0.2, -0.15) is 9.61 Å². The maximum Gasteiger partial charge on any atom is 0.165 e. The van der Waals surface area contributed by atoms with Gasteiger partial charge in [-0.05, 0) is 31.2 Å². The Balaban J connectivity index is 1.83. The van der Waals surface area contributed by atoms with Crippen LogP contribution in [0.15, 0.2) is 36.7 Å². The Morgan fingerprint density at radius 1 is 1.24 bits per heavy atom. The molecule has 0 saturated heterocycles. The smallest absolute Gasteiger partial charge is 0.165 e. The van der Waals surface area contributed by atoms with E-state index in [2.05, 4.69) is 10.1 Å². The predicted molar refractivity (Wildman–Crippen MR) is 126 cm³/mol. The number of rotatable bonds is 6. The summed E-state index contributed by atoms with van der Waals surface area (Å²) < 4.78 is 15.3. The monoisotopic (exact) mass is 449 g/mol. The molecule has 0 bridgehead atoms. The number of carbonyl (C=O) groups excluding carboxylic acids is 1. The average molecular weight is 450 g/mol. The molecule has 33 heavy (non-hydrogen) atoms. The van der Waals surface area contributed by atoms with Crippen molar-refractivity contribution in [2.75, 3.05) is 12.3 Å². The number of Topliss-reactive ketones (excluding diaryl/α,β-unsaturated/α-hetero) is 1. The molecule has 0 saturated carbocycles. The molecule has 2 atom stereocenters. The van der Waals surface area contributed by atoms with E-state index in [9.17, 15) is 14.3 Å². The summed E-state index contributed by atoms with van der Waals surface area (Å²) in [5, 5.41) is 14.7. The van der Waals surface area contributed by atoms with Crippen molar-refractivity contribution >= 4 is 28.2 Å². The minimum absolute atomic E-state index is 0.0355. The second-order valence-electron chi connectivity index (χ2n) is 9.35. The highest BCUT2D eigenvalue weighted by atomic mass is 19.1. The number of hydrogen-bond donors (Lipinski definition) is 2. The molecule has 4 rings (SSSR count). The minimum Gasteiger partial charge on any atom is -0.395 e. The summed E-state index contributed by atoms with van der Waals surface area (Å²) in [5.74, 6) is -0.542. The van der Waals surface area contributed by atoms with Gasteiger partial charge in [0.05, 0.1) is 24.0 Å². The molecule has 8 heteroatoms. The van der Waals surface area contributed by atoms with Crippen molar-refractivity contribution in [3.8, 4) is 11.1 Å². The summed E-state index contributed by atoms with van der Waals surface area (Å²) >= 11 is 0. The zero-order chi connectivity index (χ0) is 24.1. The van der Waals surface area contributed by atoms with Crippen LogP contribution < -0.4 is 5.73 Å². The third-order valence-electron chi connectivity index (χ3n) is 6.58. The molecule has 0 fully saturated rings. The number of anilines is 1. The van der Waals surface area contributed by atoms with E-state index in [4.69, 9.17) is 10.7 Å². The van der Waals surface area contributed by atoms with Gasteiger partial charge in [0.25, 0.3) is 0 Å². The van der Waals surface area contributed by atoms with Crippen molar-refractivity contribution in [3.63, 3.8) is 0 Å². The van der Waals surface area contributed by atoms with E-state index >= 15 is 0 Å². The van der Waals surface area contributed by atoms with Gasteiger partial charge in [0.2, 0.25) is 0 Å². The fourth-order valence-corrected chi connectivity index (χ4v) is 4.17. The van der Waals surface area contributed by atoms with Crippen molar-refractivity contribution in [3.05, 3.63) is 53.7 Å². The minimum atomic E-state index is -0.842. The highest BCUT2D eigenvalue weighted by Crippen LogP contribution is 2.35. The molecule has 7 nitrogen and oxygen atoms in total. The van der Waals surface area contributed by atoms with Gasteiger partial charge in [0.1, 0.15) is 17.4 Å². The van der Waals surface area contributed by atoms with Gasteiger partial charge < -0.3 is 10.8 Å². The van der Waals surface area contributed by atoms with Gasteiger partial charge in [0.15, 0.2) is 5.65 Å². The highest BCUT2D eigenvalue weighted by molar-refractivity contribution is 5.88. The molecule has 0 aliphatic heterocycles. The molecule has 0 amide bonds. The summed E-state index contributed by atoms with van der Waals surface area (Å²) in [7, 11) is 0. The number of nitrogen functional groups attached to an aromatic ring is 1. The Labute approximate surface area is 191 Å². The van der Waals surface area contributed by atoms with Gasteiger partial charge >= 0.3 is 0 Å². The zero-order valence-electron chi connectivity index (χ0n) is 19.4. The fraction of sp³-hybridized carbons (Fsp3) is 0.360. The van der Waals surface area contributed by atoms with Crippen LogP contribution in [0.25, 0.3) is 27.7 Å². The molecular formula is C25H28FN5O2. The maximum absolute atomic E-state index is 13.7. The van der Waals surface area contributed by atoms with Crippen molar-refractivity contribution in [1.82, 2.24) is 19.6 Å². The molecular weight excluding hydrogens is 421 g/mol. The van der Waals surface area contributed by atoms with Crippen LogP contribution in [0.4, 0.5) is 10.2 Å². The van der Waals surface area contributed by atoms with Crippen LogP contribution >= 0.6 is 0 Å². The second-order valence-corrected chi connectivity index (χ2v) is 9.35. The van der Waals surface area contributed by atoms with Gasteiger partial charge in [-0.25, -0.2) is 9.37 Å². The van der Waals surface area contributed by atoms with E-state index in [-0.39, 0.29) is 30.0 Å². The number of benzene rings is 1. The third kappa shape index (κ3) is 3.84. The van der Waals surface area contributed by atoms with Gasteiger partial charge in [-0.1, -0.05) is 27.7 Å². The topological polar surface area (TPSA) is 106 Å². The van der Waals surface area contributed by atoms with Crippen molar-refractivity contribution in [1.29, 1.82) is 0 Å². The van der Waals surface area contributed by atoms with Crippen molar-refractivity contribution < 1.29 is 14.3 Å². The second kappa shape index (κ2) is 8.19. The molecule has 0 spiro atoms. The highest BCUT2D eigenvalue weighted by Gasteiger charge is 2.35. The Morgan fingerprint density at radius 2 is 1.97 bits per heavy atom. The van der Waals surface area contributed by atoms with Crippen LogP contribution in [-0.4, -0.2) is 37.1 Å². The Bertz CT molecular complexity index is 1380. The Hall–Kier alpha value is -3.39. The van der Waals surface area contributed by atoms with Crippen LogP contribution in [0.5, 0.6) is 0 Å². The molecule has 0 aliphatic carbocycles. The Morgan fingerprint density at radius 3 is 2.67 bits per heavy atom. The molecule has 2 unspecified atom stereocenters. The van der Waals surface area contributed by atoms with Crippen molar-refractivity contribution in [2.24, 2.45) is 11.3 Å². The Kier molecular flexibility index (Phi) is 5.66. The summed E-state index contributed by atoms with van der Waals surface area (Å²) in [6.45, 7) is 8.91. The lowest BCUT2D eigenvalue weighted by Gasteiger charge is -2.28. The van der Waals surface area contributed by atoms with E-state index in [0.717, 1.165) is 11.1 Å². The standard InChI is InChI=1S/C25H28FN5O2/c1-13(14(2)22(33)25(4,5)12-32)21-15(3)23(27)31-24(30-21)19(11-29-31)17-8-16-9-18(26)6-7-20(16)28-10-17/h6-11,13-14,32H,12,27H2,1-5H3. The van der Waals surface area contributed by atoms with E-state index in [1.807, 2.05) is 26.8 Å². The normalized spacial score (nSPS) is 14.0. The lowest BCUT2D eigenvalue weighted by Crippen LogP contribution is -2.35. The number of ketones is 1. The van der Waals surface area contributed by atoms with Gasteiger partial charge in [-0.15, -0.1) is 0 Å². The molecule has 4 aromatic rings. The molecule has 1 aromatic carbocycles. The first kappa shape index (κ1) is 22.8. The number of carbonyl (C=O) groups is 1. The number of hydrogen-bond acceptors (Lipinski definition) is 6. The zero-order valence-corrected chi connectivity index (χ0v) is 19.4. The van der Waals surface area contributed by atoms with E-state index < -0.39 is 5.41 Å². The quantitative estimate of drug-likeness (QED) is 0.455. The number of nitrogens with zero attached hydrogens (tertiary/aromatic N) is 4. The van der Waals surface area contributed by atoms with Crippen LogP contribution in [0, 0.1) is 24.1 Å². The largest absolute Gasteiger partial charge is 0.395 e. The first-order valence-electron chi connectivity index (χ1n) is 10.9. The fourth-order valence-electron chi connectivity index (χ4n) is 4.17. The van der Waals surface area contributed by atoms with E-state index in [0.29, 0.717) is 33.6 Å². The molecule has 3 N–H and O–H groups in total. The number of aliphatic hydroxyl groups is 1. The number of aliphatic hydroxyl groups excluding tert-OH is 1.